The number of rotatable bonds is 5. The van der Waals surface area contributed by atoms with Gasteiger partial charge in [0.05, 0.1) is 12.6 Å². The average molecular weight is 257 g/mol. The van der Waals surface area contributed by atoms with E-state index < -0.39 is 0 Å². The summed E-state index contributed by atoms with van der Waals surface area (Å²) in [6, 6.07) is 0.499. The summed E-state index contributed by atoms with van der Waals surface area (Å²) in [5, 5.41) is 0. The van der Waals surface area contributed by atoms with Crippen molar-refractivity contribution in [3.05, 3.63) is 0 Å². The largest absolute Gasteiger partial charge is 0.381 e. The maximum Gasteiger partial charge on any atom is 0.236 e. The van der Waals surface area contributed by atoms with Crippen molar-refractivity contribution in [2.75, 3.05) is 33.8 Å². The van der Waals surface area contributed by atoms with Crippen LogP contribution in [0.4, 0.5) is 0 Å². The van der Waals surface area contributed by atoms with Crippen LogP contribution in [0.2, 0.25) is 0 Å². The molecule has 1 aliphatic rings. The number of carbonyl (C=O) groups excluding carboxylic acids is 1. The van der Waals surface area contributed by atoms with Crippen molar-refractivity contribution in [3.8, 4) is 0 Å². The predicted molar refractivity (Wildman–Crippen MR) is 72.4 cm³/mol. The van der Waals surface area contributed by atoms with Crippen molar-refractivity contribution < 1.29 is 9.53 Å². The van der Waals surface area contributed by atoms with Gasteiger partial charge in [-0.15, -0.1) is 0 Å². The molecule has 1 fully saturated rings. The molecule has 1 heterocycles. The van der Waals surface area contributed by atoms with Crippen LogP contribution < -0.4 is 5.73 Å². The molecule has 0 spiro atoms. The van der Waals surface area contributed by atoms with Crippen molar-refractivity contribution in [1.82, 2.24) is 9.80 Å². The lowest BCUT2D eigenvalue weighted by Crippen LogP contribution is -2.52. The molecule has 2 N–H and O–H groups in total. The van der Waals surface area contributed by atoms with Gasteiger partial charge in [-0.2, -0.15) is 0 Å². The molecule has 1 rings (SSSR count). The summed E-state index contributed by atoms with van der Waals surface area (Å²) in [6.07, 6.45) is 2.19. The van der Waals surface area contributed by atoms with Crippen LogP contribution in [0.25, 0.3) is 0 Å². The van der Waals surface area contributed by atoms with Gasteiger partial charge in [-0.05, 0) is 26.7 Å². The van der Waals surface area contributed by atoms with Gasteiger partial charge in [-0.3, -0.25) is 9.69 Å². The van der Waals surface area contributed by atoms with Crippen LogP contribution in [0.15, 0.2) is 0 Å². The third-order valence-electron chi connectivity index (χ3n) is 3.90. The van der Waals surface area contributed by atoms with E-state index in [0.29, 0.717) is 13.1 Å². The lowest BCUT2D eigenvalue weighted by molar-refractivity contribution is -0.134. The normalized spacial score (nSPS) is 25.4. The summed E-state index contributed by atoms with van der Waals surface area (Å²) in [6.45, 7) is 5.98. The molecule has 2 atom stereocenters. The summed E-state index contributed by atoms with van der Waals surface area (Å²) in [7, 11) is 3.60. The van der Waals surface area contributed by atoms with Gasteiger partial charge in [-0.25, -0.2) is 0 Å². The van der Waals surface area contributed by atoms with Gasteiger partial charge < -0.3 is 15.4 Å². The number of likely N-dealkylation sites (N-methyl/N-ethyl adjacent to an activating group) is 1. The van der Waals surface area contributed by atoms with Crippen LogP contribution in [0.1, 0.15) is 26.7 Å². The van der Waals surface area contributed by atoms with Gasteiger partial charge in [0.15, 0.2) is 0 Å². The predicted octanol–water partition coefficient (Wildman–Crippen LogP) is 0.291. The third kappa shape index (κ3) is 3.93. The van der Waals surface area contributed by atoms with Gasteiger partial charge in [0.1, 0.15) is 0 Å². The number of piperidine rings is 1. The molecule has 0 saturated carbocycles. The molecule has 0 aromatic heterocycles. The van der Waals surface area contributed by atoms with E-state index in [1.807, 2.05) is 20.9 Å². The Morgan fingerprint density at radius 1 is 1.56 bits per heavy atom. The maximum atomic E-state index is 12.1. The fraction of sp³-hybridized carbons (Fsp3) is 0.923. The van der Waals surface area contributed by atoms with E-state index in [4.69, 9.17) is 10.5 Å². The number of carbonyl (C=O) groups is 1. The van der Waals surface area contributed by atoms with Gasteiger partial charge in [0, 0.05) is 39.3 Å². The highest BCUT2D eigenvalue weighted by molar-refractivity contribution is 5.78. The van der Waals surface area contributed by atoms with Crippen molar-refractivity contribution in [2.45, 2.75) is 44.9 Å². The molecule has 1 aliphatic heterocycles. The Labute approximate surface area is 110 Å². The average Bonchev–Trinajstić information content (AvgIpc) is 2.37. The summed E-state index contributed by atoms with van der Waals surface area (Å²) < 4.78 is 5.38. The van der Waals surface area contributed by atoms with Crippen molar-refractivity contribution >= 4 is 5.91 Å². The first-order chi connectivity index (χ1) is 8.49. The third-order valence-corrected chi connectivity index (χ3v) is 3.90. The summed E-state index contributed by atoms with van der Waals surface area (Å²) in [5.74, 6) is 0.166. The summed E-state index contributed by atoms with van der Waals surface area (Å²) in [4.78, 5) is 16.1. The smallest absolute Gasteiger partial charge is 0.236 e. The number of methoxy groups -OCH3 is 1. The zero-order chi connectivity index (χ0) is 13.7. The summed E-state index contributed by atoms with van der Waals surface area (Å²) >= 11 is 0. The van der Waals surface area contributed by atoms with Gasteiger partial charge in [-0.1, -0.05) is 0 Å². The monoisotopic (exact) mass is 257 g/mol. The molecule has 18 heavy (non-hydrogen) atoms. The van der Waals surface area contributed by atoms with Crippen molar-refractivity contribution in [2.24, 2.45) is 5.73 Å². The Hall–Kier alpha value is -0.650. The zero-order valence-corrected chi connectivity index (χ0v) is 12.1. The van der Waals surface area contributed by atoms with Crippen LogP contribution in [0.5, 0.6) is 0 Å². The van der Waals surface area contributed by atoms with Gasteiger partial charge >= 0.3 is 0 Å². The molecule has 0 aliphatic carbocycles. The van der Waals surface area contributed by atoms with Crippen LogP contribution in [-0.2, 0) is 9.53 Å². The van der Waals surface area contributed by atoms with Gasteiger partial charge in [0.2, 0.25) is 5.91 Å². The first-order valence-electron chi connectivity index (χ1n) is 6.72. The summed E-state index contributed by atoms with van der Waals surface area (Å²) in [5.41, 5.74) is 5.80. The first-order valence-corrected chi connectivity index (χ1v) is 6.72. The van der Waals surface area contributed by atoms with E-state index >= 15 is 0 Å². The number of nitrogens with zero attached hydrogens (tertiary/aromatic N) is 2. The fourth-order valence-corrected chi connectivity index (χ4v) is 2.30. The Morgan fingerprint density at radius 3 is 2.72 bits per heavy atom. The SMILES string of the molecule is COC1CCN(CC(=O)N(C)C(C)C)C(CN)C1. The number of nitrogens with two attached hydrogens (primary N) is 1. The van der Waals surface area contributed by atoms with E-state index in [-0.39, 0.29) is 24.1 Å². The highest BCUT2D eigenvalue weighted by atomic mass is 16.5. The van der Waals surface area contributed by atoms with E-state index in [1.54, 1.807) is 12.0 Å². The van der Waals surface area contributed by atoms with Crippen LogP contribution in [0.3, 0.4) is 0 Å². The topological polar surface area (TPSA) is 58.8 Å². The number of ether oxygens (including phenoxy) is 1. The van der Waals surface area contributed by atoms with E-state index in [1.165, 1.54) is 0 Å². The quantitative estimate of drug-likeness (QED) is 0.769. The molecule has 2 unspecified atom stereocenters. The lowest BCUT2D eigenvalue weighted by atomic mass is 9.99. The zero-order valence-electron chi connectivity index (χ0n) is 12.1. The number of hydrogen-bond donors (Lipinski definition) is 1. The molecule has 0 radical (unpaired) electrons. The number of likely N-dealkylation sites (tertiary alicyclic amines) is 1. The molecule has 0 aromatic rings. The van der Waals surface area contributed by atoms with Crippen LogP contribution >= 0.6 is 0 Å². The minimum absolute atomic E-state index is 0.166. The van der Waals surface area contributed by atoms with Gasteiger partial charge in [0.25, 0.3) is 0 Å². The Kier molecular flexibility index (Phi) is 6.05. The van der Waals surface area contributed by atoms with E-state index in [9.17, 15) is 4.79 Å². The molecule has 5 nitrogen and oxygen atoms in total. The highest BCUT2D eigenvalue weighted by Gasteiger charge is 2.29. The highest BCUT2D eigenvalue weighted by Crippen LogP contribution is 2.19. The number of amides is 1. The van der Waals surface area contributed by atoms with Crippen LogP contribution in [-0.4, -0.2) is 67.7 Å². The van der Waals surface area contributed by atoms with Crippen LogP contribution in [0, 0.1) is 0 Å². The second kappa shape index (κ2) is 7.07. The fourth-order valence-electron chi connectivity index (χ4n) is 2.30. The Morgan fingerprint density at radius 2 is 2.22 bits per heavy atom. The Balaban J connectivity index is 2.53. The van der Waals surface area contributed by atoms with Crippen molar-refractivity contribution in [3.63, 3.8) is 0 Å². The van der Waals surface area contributed by atoms with E-state index in [2.05, 4.69) is 4.90 Å². The minimum atomic E-state index is 0.166. The second-order valence-corrected chi connectivity index (χ2v) is 5.34. The molecular formula is C13H27N3O2. The molecule has 0 bridgehead atoms. The second-order valence-electron chi connectivity index (χ2n) is 5.34. The lowest BCUT2D eigenvalue weighted by Gasteiger charge is -2.38. The first kappa shape index (κ1) is 15.4. The Bertz CT molecular complexity index is 271. The molecule has 106 valence electrons. The van der Waals surface area contributed by atoms with Crippen molar-refractivity contribution in [1.29, 1.82) is 0 Å². The molecule has 5 heteroatoms. The molecule has 0 aromatic carbocycles. The minimum Gasteiger partial charge on any atom is -0.381 e. The molecular weight excluding hydrogens is 230 g/mol. The maximum absolute atomic E-state index is 12.1. The molecule has 1 saturated heterocycles. The molecule has 1 amide bonds. The van der Waals surface area contributed by atoms with E-state index in [0.717, 1.165) is 19.4 Å². The number of hydrogen-bond acceptors (Lipinski definition) is 4. The standard InChI is InChI=1S/C13H27N3O2/c1-10(2)15(3)13(17)9-16-6-5-12(18-4)7-11(16)8-14/h10-12H,5-9,14H2,1-4H3.